The second-order valence-electron chi connectivity index (χ2n) is 6.27. The summed E-state index contributed by atoms with van der Waals surface area (Å²) in [6.07, 6.45) is 10.3. The van der Waals surface area contributed by atoms with Crippen molar-refractivity contribution in [3.8, 4) is 11.8 Å². The molecule has 124 valence electrons. The predicted octanol–water partition coefficient (Wildman–Crippen LogP) is 5.56. The summed E-state index contributed by atoms with van der Waals surface area (Å²) in [6.45, 7) is 6.67. The molecule has 2 heterocycles. The first-order valence-corrected chi connectivity index (χ1v) is 9.29. The van der Waals surface area contributed by atoms with Gasteiger partial charge in [0.05, 0.1) is 0 Å². The van der Waals surface area contributed by atoms with Crippen LogP contribution < -0.4 is 0 Å². The molecule has 2 rings (SSSR count). The molecule has 0 saturated carbocycles. The van der Waals surface area contributed by atoms with E-state index >= 15 is 0 Å². The predicted molar refractivity (Wildman–Crippen MR) is 98.8 cm³/mol. The fourth-order valence-electron chi connectivity index (χ4n) is 2.88. The van der Waals surface area contributed by atoms with Crippen LogP contribution in [0.15, 0.2) is 18.2 Å². The zero-order chi connectivity index (χ0) is 16.5. The minimum atomic E-state index is 0.929. The van der Waals surface area contributed by atoms with Crippen LogP contribution in [0.3, 0.4) is 0 Å². The molecule has 2 nitrogen and oxygen atoms in total. The summed E-state index contributed by atoms with van der Waals surface area (Å²) in [4.78, 5) is 4.87. The van der Waals surface area contributed by atoms with E-state index < -0.39 is 0 Å². The normalized spacial score (nSPS) is 10.7. The van der Waals surface area contributed by atoms with E-state index in [2.05, 4.69) is 55.2 Å². The summed E-state index contributed by atoms with van der Waals surface area (Å²) in [6, 6.07) is 6.69. The summed E-state index contributed by atoms with van der Waals surface area (Å²) in [7, 11) is 0. The molecular formula is C21H30N2. The maximum Gasteiger partial charge on any atom is 0.190 e. The minimum absolute atomic E-state index is 0.929. The zero-order valence-electron chi connectivity index (χ0n) is 15.0. The number of unbranched alkanes of at least 4 members (excludes halogenated alkanes) is 4. The highest BCUT2D eigenvalue weighted by Gasteiger charge is 2.08. The average molecular weight is 310 g/mol. The van der Waals surface area contributed by atoms with E-state index in [1.54, 1.807) is 0 Å². The largest absolute Gasteiger partial charge is 0.292 e. The molecule has 0 aliphatic heterocycles. The van der Waals surface area contributed by atoms with E-state index in [0.29, 0.717) is 0 Å². The molecule has 0 saturated heterocycles. The van der Waals surface area contributed by atoms with Crippen molar-refractivity contribution in [1.82, 2.24) is 9.38 Å². The standard InChI is InChI=1S/C21H30N2/c1-4-7-9-11-14-21-22-18(13-10-8-5-2)17-20-16-15-19(12-6-3)23(20)21/h15-17H,4-10,12-13H2,1-3H3. The number of aromatic nitrogens is 2. The molecule has 0 radical (unpaired) electrons. The molecule has 0 aliphatic carbocycles. The number of aryl methyl sites for hydroxylation is 2. The van der Waals surface area contributed by atoms with Gasteiger partial charge in [0.15, 0.2) is 5.82 Å². The minimum Gasteiger partial charge on any atom is -0.292 e. The first-order valence-electron chi connectivity index (χ1n) is 9.29. The molecule has 0 spiro atoms. The van der Waals surface area contributed by atoms with Gasteiger partial charge in [-0.05, 0) is 49.8 Å². The molecule has 0 N–H and O–H groups in total. The Kier molecular flexibility index (Phi) is 7.20. The monoisotopic (exact) mass is 310 g/mol. The van der Waals surface area contributed by atoms with E-state index in [-0.39, 0.29) is 0 Å². The van der Waals surface area contributed by atoms with Gasteiger partial charge in [0, 0.05) is 23.3 Å². The summed E-state index contributed by atoms with van der Waals surface area (Å²) < 4.78 is 2.26. The van der Waals surface area contributed by atoms with E-state index in [1.165, 1.54) is 49.0 Å². The maximum atomic E-state index is 4.87. The van der Waals surface area contributed by atoms with Gasteiger partial charge in [-0.2, -0.15) is 0 Å². The number of hydrogen-bond donors (Lipinski definition) is 0. The molecule has 0 aromatic carbocycles. The van der Waals surface area contributed by atoms with Crippen LogP contribution in [0, 0.1) is 11.8 Å². The first kappa shape index (κ1) is 17.6. The molecule has 0 bridgehead atoms. The van der Waals surface area contributed by atoms with Crippen LogP contribution in [0.4, 0.5) is 0 Å². The highest BCUT2D eigenvalue weighted by atomic mass is 15.0. The van der Waals surface area contributed by atoms with Gasteiger partial charge in [0.1, 0.15) is 0 Å². The first-order chi connectivity index (χ1) is 11.3. The summed E-state index contributed by atoms with van der Waals surface area (Å²) in [5, 5.41) is 0. The van der Waals surface area contributed by atoms with Gasteiger partial charge in [-0.15, -0.1) is 0 Å². The van der Waals surface area contributed by atoms with Crippen molar-refractivity contribution in [2.75, 3.05) is 0 Å². The van der Waals surface area contributed by atoms with Gasteiger partial charge < -0.3 is 0 Å². The van der Waals surface area contributed by atoms with E-state index in [4.69, 9.17) is 4.98 Å². The van der Waals surface area contributed by atoms with E-state index in [9.17, 15) is 0 Å². The van der Waals surface area contributed by atoms with Gasteiger partial charge in [0.25, 0.3) is 0 Å². The Labute approximate surface area is 141 Å². The fraction of sp³-hybridized carbons (Fsp3) is 0.571. The van der Waals surface area contributed by atoms with Crippen LogP contribution in [-0.2, 0) is 12.8 Å². The third kappa shape index (κ3) is 4.86. The summed E-state index contributed by atoms with van der Waals surface area (Å²) >= 11 is 0. The lowest BCUT2D eigenvalue weighted by atomic mass is 10.1. The van der Waals surface area contributed by atoms with Crippen LogP contribution in [0.5, 0.6) is 0 Å². The molecule has 23 heavy (non-hydrogen) atoms. The van der Waals surface area contributed by atoms with Gasteiger partial charge in [-0.1, -0.05) is 52.4 Å². The van der Waals surface area contributed by atoms with E-state index in [1.807, 2.05) is 0 Å². The Balaban J connectivity index is 2.35. The second kappa shape index (κ2) is 9.40. The van der Waals surface area contributed by atoms with Gasteiger partial charge in [0.2, 0.25) is 0 Å². The lowest BCUT2D eigenvalue weighted by molar-refractivity contribution is 0.704. The molecular weight excluding hydrogens is 280 g/mol. The number of nitrogens with zero attached hydrogens (tertiary/aromatic N) is 2. The third-order valence-electron chi connectivity index (χ3n) is 4.17. The van der Waals surface area contributed by atoms with Crippen molar-refractivity contribution in [2.45, 2.75) is 78.6 Å². The van der Waals surface area contributed by atoms with Crippen LogP contribution in [0.2, 0.25) is 0 Å². The molecule has 0 atom stereocenters. The van der Waals surface area contributed by atoms with E-state index in [0.717, 1.165) is 31.5 Å². The Bertz CT molecular complexity index is 670. The Hall–Kier alpha value is -1.75. The fourth-order valence-corrected chi connectivity index (χ4v) is 2.88. The summed E-state index contributed by atoms with van der Waals surface area (Å²) in [5.41, 5.74) is 3.76. The maximum absolute atomic E-state index is 4.87. The average Bonchev–Trinajstić information content (AvgIpc) is 2.95. The molecule has 2 heteroatoms. The van der Waals surface area contributed by atoms with Crippen molar-refractivity contribution in [1.29, 1.82) is 0 Å². The topological polar surface area (TPSA) is 17.3 Å². The van der Waals surface area contributed by atoms with Crippen LogP contribution >= 0.6 is 0 Å². The molecule has 0 aliphatic rings. The van der Waals surface area contributed by atoms with Crippen molar-refractivity contribution >= 4 is 5.52 Å². The highest BCUT2D eigenvalue weighted by Crippen LogP contribution is 2.17. The van der Waals surface area contributed by atoms with Crippen LogP contribution in [0.25, 0.3) is 5.52 Å². The molecule has 2 aromatic heterocycles. The quantitative estimate of drug-likeness (QED) is 0.461. The summed E-state index contributed by atoms with van der Waals surface area (Å²) in [5.74, 6) is 7.58. The van der Waals surface area contributed by atoms with Crippen molar-refractivity contribution in [3.63, 3.8) is 0 Å². The SMILES string of the molecule is CCCCC#Cc1nc(CCCCC)cc2ccc(CCC)n12. The zero-order valence-corrected chi connectivity index (χ0v) is 15.0. The molecule has 0 fully saturated rings. The lowest BCUT2D eigenvalue weighted by Crippen LogP contribution is -2.04. The van der Waals surface area contributed by atoms with Crippen molar-refractivity contribution in [2.24, 2.45) is 0 Å². The van der Waals surface area contributed by atoms with Crippen LogP contribution in [-0.4, -0.2) is 9.38 Å². The third-order valence-corrected chi connectivity index (χ3v) is 4.17. The molecule has 0 amide bonds. The number of fused-ring (bicyclic) bond motifs is 1. The van der Waals surface area contributed by atoms with Crippen molar-refractivity contribution < 1.29 is 0 Å². The Morgan fingerprint density at radius 2 is 1.78 bits per heavy atom. The van der Waals surface area contributed by atoms with Gasteiger partial charge >= 0.3 is 0 Å². The van der Waals surface area contributed by atoms with Crippen LogP contribution in [0.1, 0.15) is 82.9 Å². The smallest absolute Gasteiger partial charge is 0.190 e. The Morgan fingerprint density at radius 1 is 0.957 bits per heavy atom. The van der Waals surface area contributed by atoms with Gasteiger partial charge in [-0.3, -0.25) is 4.40 Å². The Morgan fingerprint density at radius 3 is 2.52 bits per heavy atom. The molecule has 2 aromatic rings. The number of hydrogen-bond acceptors (Lipinski definition) is 1. The second-order valence-corrected chi connectivity index (χ2v) is 6.27. The number of rotatable bonds is 8. The van der Waals surface area contributed by atoms with Crippen molar-refractivity contribution in [3.05, 3.63) is 35.4 Å². The lowest BCUT2D eigenvalue weighted by Gasteiger charge is -2.08. The van der Waals surface area contributed by atoms with Gasteiger partial charge in [-0.25, -0.2) is 4.98 Å². The highest BCUT2D eigenvalue weighted by molar-refractivity contribution is 5.53. The molecule has 0 unspecified atom stereocenters.